The van der Waals surface area contributed by atoms with Gasteiger partial charge in [0.1, 0.15) is 0 Å². The molecule has 0 aliphatic rings. The molecular weight excluding hydrogens is 282 g/mol. The number of aromatic nitrogens is 1. The van der Waals surface area contributed by atoms with E-state index >= 15 is 0 Å². The molecule has 1 aromatic carbocycles. The summed E-state index contributed by atoms with van der Waals surface area (Å²) in [5.41, 5.74) is 1.38. The van der Waals surface area contributed by atoms with E-state index in [-0.39, 0.29) is 16.7 Å². The fourth-order valence-electron chi connectivity index (χ4n) is 2.02. The van der Waals surface area contributed by atoms with Gasteiger partial charge in [-0.1, -0.05) is 25.1 Å². The number of halogens is 1. The van der Waals surface area contributed by atoms with Gasteiger partial charge in [-0.15, -0.1) is 11.6 Å². The minimum Gasteiger partial charge on any atom is -0.236 e. The highest BCUT2D eigenvalue weighted by molar-refractivity contribution is 7.91. The largest absolute Gasteiger partial charge is 0.236 e. The third-order valence-corrected chi connectivity index (χ3v) is 5.47. The van der Waals surface area contributed by atoms with Crippen molar-refractivity contribution in [3.8, 4) is 0 Å². The summed E-state index contributed by atoms with van der Waals surface area (Å²) < 4.78 is 24.7. The Morgan fingerprint density at radius 1 is 1.32 bits per heavy atom. The molecule has 102 valence electrons. The fourth-order valence-corrected chi connectivity index (χ4v) is 4.07. The van der Waals surface area contributed by atoms with Crippen LogP contribution in [0.5, 0.6) is 0 Å². The van der Waals surface area contributed by atoms with Crippen LogP contribution < -0.4 is 0 Å². The number of aryl methyl sites for hydroxylation is 1. The van der Waals surface area contributed by atoms with E-state index in [0.717, 1.165) is 5.39 Å². The van der Waals surface area contributed by atoms with Gasteiger partial charge in [-0.3, -0.25) is 0 Å². The lowest BCUT2D eigenvalue weighted by Crippen LogP contribution is -2.17. The molecule has 2 rings (SSSR count). The second kappa shape index (κ2) is 5.47. The number of pyridine rings is 1. The molecule has 1 unspecified atom stereocenters. The van der Waals surface area contributed by atoms with Crippen LogP contribution in [0.4, 0.5) is 0 Å². The Labute approximate surface area is 118 Å². The molecule has 0 saturated heterocycles. The minimum atomic E-state index is -3.39. The first kappa shape index (κ1) is 14.3. The Morgan fingerprint density at radius 2 is 2.00 bits per heavy atom. The summed E-state index contributed by atoms with van der Waals surface area (Å²) in [7, 11) is -3.39. The van der Waals surface area contributed by atoms with Gasteiger partial charge in [0.2, 0.25) is 0 Å². The standard InChI is InChI=1S/C14H16ClNO2S/c1-10(8-15)9-19(17,18)14-11(2)7-12-5-3-4-6-13(12)16-14/h3-7,10H,8-9H2,1-2H3. The molecule has 0 spiro atoms. The molecule has 0 aliphatic heterocycles. The molecule has 3 nitrogen and oxygen atoms in total. The zero-order chi connectivity index (χ0) is 14.0. The Hall–Kier alpha value is -1.13. The molecule has 0 aliphatic carbocycles. The van der Waals surface area contributed by atoms with Crippen LogP contribution in [0.1, 0.15) is 12.5 Å². The van der Waals surface area contributed by atoms with Crippen molar-refractivity contribution < 1.29 is 8.42 Å². The first-order valence-electron chi connectivity index (χ1n) is 6.09. The second-order valence-electron chi connectivity index (χ2n) is 4.84. The van der Waals surface area contributed by atoms with Crippen LogP contribution in [0.15, 0.2) is 35.4 Å². The Balaban J connectivity index is 2.53. The van der Waals surface area contributed by atoms with Crippen LogP contribution in [-0.4, -0.2) is 25.0 Å². The molecule has 2 aromatic rings. The van der Waals surface area contributed by atoms with E-state index in [1.165, 1.54) is 0 Å². The summed E-state index contributed by atoms with van der Waals surface area (Å²) in [6.45, 7) is 3.60. The zero-order valence-electron chi connectivity index (χ0n) is 10.9. The third-order valence-electron chi connectivity index (χ3n) is 2.93. The zero-order valence-corrected chi connectivity index (χ0v) is 12.5. The van der Waals surface area contributed by atoms with E-state index < -0.39 is 9.84 Å². The number of fused-ring (bicyclic) bond motifs is 1. The summed E-state index contributed by atoms with van der Waals surface area (Å²) >= 11 is 5.70. The molecule has 0 fully saturated rings. The number of alkyl halides is 1. The highest BCUT2D eigenvalue weighted by Crippen LogP contribution is 2.22. The van der Waals surface area contributed by atoms with Crippen molar-refractivity contribution in [2.45, 2.75) is 18.9 Å². The van der Waals surface area contributed by atoms with E-state index in [2.05, 4.69) is 4.98 Å². The number of nitrogens with zero attached hydrogens (tertiary/aromatic N) is 1. The molecule has 0 N–H and O–H groups in total. The average Bonchev–Trinajstić information content (AvgIpc) is 2.37. The number of rotatable bonds is 4. The van der Waals surface area contributed by atoms with E-state index in [4.69, 9.17) is 11.6 Å². The van der Waals surface area contributed by atoms with Gasteiger partial charge in [0.15, 0.2) is 14.9 Å². The van der Waals surface area contributed by atoms with Crippen molar-refractivity contribution in [1.29, 1.82) is 0 Å². The third kappa shape index (κ3) is 3.07. The lowest BCUT2D eigenvalue weighted by Gasteiger charge is -2.11. The summed E-state index contributed by atoms with van der Waals surface area (Å²) in [6.07, 6.45) is 0. The number of sulfone groups is 1. The van der Waals surface area contributed by atoms with Gasteiger partial charge in [0.25, 0.3) is 0 Å². The average molecular weight is 298 g/mol. The van der Waals surface area contributed by atoms with Crippen LogP contribution in [-0.2, 0) is 9.84 Å². The summed E-state index contributed by atoms with van der Waals surface area (Å²) in [5.74, 6) is 0.272. The summed E-state index contributed by atoms with van der Waals surface area (Å²) in [4.78, 5) is 4.30. The van der Waals surface area contributed by atoms with Gasteiger partial charge < -0.3 is 0 Å². The molecule has 0 radical (unpaired) electrons. The second-order valence-corrected chi connectivity index (χ2v) is 7.10. The van der Waals surface area contributed by atoms with Crippen molar-refractivity contribution in [2.75, 3.05) is 11.6 Å². The number of para-hydroxylation sites is 1. The maximum atomic E-state index is 12.3. The van der Waals surface area contributed by atoms with Gasteiger partial charge in [-0.05, 0) is 30.5 Å². The lowest BCUT2D eigenvalue weighted by molar-refractivity contribution is 0.579. The number of benzene rings is 1. The monoisotopic (exact) mass is 297 g/mol. The van der Waals surface area contributed by atoms with Gasteiger partial charge in [0, 0.05) is 11.3 Å². The molecule has 19 heavy (non-hydrogen) atoms. The van der Waals surface area contributed by atoms with Crippen molar-refractivity contribution in [3.63, 3.8) is 0 Å². The van der Waals surface area contributed by atoms with Crippen LogP contribution in [0.25, 0.3) is 10.9 Å². The van der Waals surface area contributed by atoms with Gasteiger partial charge >= 0.3 is 0 Å². The Morgan fingerprint density at radius 3 is 2.68 bits per heavy atom. The van der Waals surface area contributed by atoms with Crippen LogP contribution in [0, 0.1) is 12.8 Å². The molecular formula is C14H16ClNO2S. The van der Waals surface area contributed by atoms with Crippen molar-refractivity contribution in [1.82, 2.24) is 4.98 Å². The molecule has 1 atom stereocenters. The van der Waals surface area contributed by atoms with Crippen LogP contribution in [0.3, 0.4) is 0 Å². The maximum Gasteiger partial charge on any atom is 0.196 e. The molecule has 1 heterocycles. The summed E-state index contributed by atoms with van der Waals surface area (Å²) in [5, 5.41) is 1.12. The molecule has 5 heteroatoms. The van der Waals surface area contributed by atoms with Gasteiger partial charge in [-0.25, -0.2) is 13.4 Å². The number of hydrogen-bond donors (Lipinski definition) is 0. The Kier molecular flexibility index (Phi) is 4.11. The van der Waals surface area contributed by atoms with Crippen molar-refractivity contribution >= 4 is 32.3 Å². The topological polar surface area (TPSA) is 47.0 Å². The fraction of sp³-hybridized carbons (Fsp3) is 0.357. The Bertz CT molecular complexity index is 698. The maximum absolute atomic E-state index is 12.3. The summed E-state index contributed by atoms with van der Waals surface area (Å²) in [6, 6.07) is 9.36. The van der Waals surface area contributed by atoms with Crippen LogP contribution in [0.2, 0.25) is 0 Å². The first-order chi connectivity index (χ1) is 8.94. The first-order valence-corrected chi connectivity index (χ1v) is 8.28. The quantitative estimate of drug-likeness (QED) is 0.814. The smallest absolute Gasteiger partial charge is 0.196 e. The molecule has 0 saturated carbocycles. The minimum absolute atomic E-state index is 0.0304. The SMILES string of the molecule is Cc1cc2ccccc2nc1S(=O)(=O)CC(C)CCl. The van der Waals surface area contributed by atoms with Gasteiger partial charge in [-0.2, -0.15) is 0 Å². The molecule has 0 amide bonds. The lowest BCUT2D eigenvalue weighted by atomic mass is 10.2. The van der Waals surface area contributed by atoms with Crippen LogP contribution >= 0.6 is 11.6 Å². The van der Waals surface area contributed by atoms with E-state index in [9.17, 15) is 8.42 Å². The van der Waals surface area contributed by atoms with E-state index in [1.807, 2.05) is 37.3 Å². The molecule has 1 aromatic heterocycles. The highest BCUT2D eigenvalue weighted by Gasteiger charge is 2.22. The predicted octanol–water partition coefficient (Wildman–Crippen LogP) is 3.19. The van der Waals surface area contributed by atoms with E-state index in [0.29, 0.717) is 17.0 Å². The van der Waals surface area contributed by atoms with Crippen molar-refractivity contribution in [3.05, 3.63) is 35.9 Å². The highest BCUT2D eigenvalue weighted by atomic mass is 35.5. The number of hydrogen-bond acceptors (Lipinski definition) is 3. The normalized spacial score (nSPS) is 13.6. The van der Waals surface area contributed by atoms with Crippen molar-refractivity contribution in [2.24, 2.45) is 5.92 Å². The van der Waals surface area contributed by atoms with E-state index in [1.54, 1.807) is 6.92 Å². The van der Waals surface area contributed by atoms with Gasteiger partial charge in [0.05, 0.1) is 11.3 Å². The predicted molar refractivity (Wildman–Crippen MR) is 78.4 cm³/mol. The molecule has 0 bridgehead atoms.